The average Bonchev–Trinajstić information content (AvgIpc) is 2.53. The quantitative estimate of drug-likeness (QED) is 0.578. The lowest BCUT2D eigenvalue weighted by Crippen LogP contribution is -2.20. The number of hydrogen-bond donors (Lipinski definition) is 0. The zero-order valence-electron chi connectivity index (χ0n) is 7.01. The van der Waals surface area contributed by atoms with E-state index in [0.29, 0.717) is 10.7 Å². The highest BCUT2D eigenvalue weighted by molar-refractivity contribution is 5.83. The first-order valence-corrected chi connectivity index (χ1v) is 4.05. The molecule has 2 aromatic rings. The van der Waals surface area contributed by atoms with E-state index < -0.39 is 6.03 Å². The second-order valence-electron chi connectivity index (χ2n) is 2.97. The molecule has 0 saturated heterocycles. The molecule has 0 fully saturated rings. The minimum absolute atomic E-state index is 0.448. The molecule has 0 unspecified atom stereocenters. The van der Waals surface area contributed by atoms with Gasteiger partial charge in [-0.15, -0.1) is 0 Å². The second kappa shape index (κ2) is 2.41. The summed E-state index contributed by atoms with van der Waals surface area (Å²) in [7, 11) is 0. The van der Waals surface area contributed by atoms with Gasteiger partial charge in [-0.05, 0) is 12.1 Å². The van der Waals surface area contributed by atoms with Gasteiger partial charge in [-0.25, -0.2) is 4.79 Å². The normalized spacial score (nSPS) is 13.6. The molecule has 0 atom stereocenters. The third-order valence-electron chi connectivity index (χ3n) is 2.07. The first-order chi connectivity index (χ1) is 6.83. The third-order valence-corrected chi connectivity index (χ3v) is 2.07. The van der Waals surface area contributed by atoms with E-state index in [1.807, 2.05) is 0 Å². The minimum atomic E-state index is -0.448. The Morgan fingerprint density at radius 2 is 1.36 bits per heavy atom. The average molecular weight is 184 g/mol. The Hall–Kier alpha value is -2.17. The number of aromatic nitrogens is 2. The van der Waals surface area contributed by atoms with Crippen molar-refractivity contribution in [1.29, 1.82) is 0 Å². The predicted molar refractivity (Wildman–Crippen MR) is 47.2 cm³/mol. The topological polar surface area (TPSA) is 67.6 Å². The maximum absolute atomic E-state index is 10.9. The molecule has 1 aliphatic heterocycles. The van der Waals surface area contributed by atoms with Gasteiger partial charge in [0.15, 0.2) is 0 Å². The molecule has 3 rings (SSSR count). The zero-order chi connectivity index (χ0) is 9.54. The van der Waals surface area contributed by atoms with Crippen molar-refractivity contribution in [1.82, 2.24) is 10.2 Å². The van der Waals surface area contributed by atoms with E-state index in [4.69, 9.17) is 0 Å². The molecule has 1 aliphatic rings. The standard InChI is InChI=1S/C9H4N4O/c14-9-12-7-1-5-3-10-11-4-6(5)2-8(7)13-9/h1-4H. The van der Waals surface area contributed by atoms with Crippen LogP contribution < -0.4 is 10.7 Å². The van der Waals surface area contributed by atoms with Gasteiger partial charge >= 0.3 is 6.03 Å². The number of hydrogen-bond acceptors (Lipinski definition) is 3. The van der Waals surface area contributed by atoms with Gasteiger partial charge in [0, 0.05) is 10.8 Å². The van der Waals surface area contributed by atoms with Gasteiger partial charge in [0.1, 0.15) is 0 Å². The number of benzene rings is 1. The minimum Gasteiger partial charge on any atom is -0.244 e. The van der Waals surface area contributed by atoms with Crippen LogP contribution in [0.25, 0.3) is 10.8 Å². The summed E-state index contributed by atoms with van der Waals surface area (Å²) in [6, 6.07) is 3.12. The van der Waals surface area contributed by atoms with Crippen LogP contribution in [0, 0.1) is 0 Å². The third kappa shape index (κ3) is 0.922. The van der Waals surface area contributed by atoms with E-state index in [9.17, 15) is 4.79 Å². The molecule has 14 heavy (non-hydrogen) atoms. The summed E-state index contributed by atoms with van der Waals surface area (Å²) in [5.41, 5.74) is 0. The Balaban J connectivity index is 2.56. The summed E-state index contributed by atoms with van der Waals surface area (Å²) in [5, 5.41) is 10.5. The van der Waals surface area contributed by atoms with Crippen molar-refractivity contribution in [2.24, 2.45) is 9.98 Å². The monoisotopic (exact) mass is 184 g/mol. The first kappa shape index (κ1) is 7.25. The van der Waals surface area contributed by atoms with Crippen molar-refractivity contribution >= 4 is 16.8 Å². The van der Waals surface area contributed by atoms with Gasteiger partial charge in [-0.1, -0.05) is 0 Å². The Morgan fingerprint density at radius 3 is 1.86 bits per heavy atom. The molecule has 0 spiro atoms. The lowest BCUT2D eigenvalue weighted by Gasteiger charge is -1.91. The summed E-state index contributed by atoms with van der Waals surface area (Å²) < 4.78 is 0. The van der Waals surface area contributed by atoms with Gasteiger partial charge < -0.3 is 0 Å². The molecular weight excluding hydrogens is 180 g/mol. The molecule has 0 aliphatic carbocycles. The van der Waals surface area contributed by atoms with Crippen molar-refractivity contribution in [3.05, 3.63) is 35.2 Å². The largest absolute Gasteiger partial charge is 0.368 e. The summed E-state index contributed by atoms with van der Waals surface area (Å²) >= 11 is 0. The van der Waals surface area contributed by atoms with Gasteiger partial charge in [0.2, 0.25) is 0 Å². The van der Waals surface area contributed by atoms with Gasteiger partial charge in [-0.3, -0.25) is 0 Å². The number of nitrogens with zero attached hydrogens (tertiary/aromatic N) is 4. The summed E-state index contributed by atoms with van der Waals surface area (Å²) in [6.07, 6.45) is 3.27. The fourth-order valence-corrected chi connectivity index (χ4v) is 1.43. The smallest absolute Gasteiger partial charge is 0.244 e. The maximum atomic E-state index is 10.9. The fraction of sp³-hybridized carbons (Fsp3) is 0. The molecule has 2 heterocycles. The second-order valence-corrected chi connectivity index (χ2v) is 2.97. The molecule has 2 amide bonds. The molecule has 1 aromatic carbocycles. The SMILES string of the molecule is O=C1N=c2cc3cnncc3cc2=N1. The van der Waals surface area contributed by atoms with Crippen molar-refractivity contribution < 1.29 is 4.79 Å². The van der Waals surface area contributed by atoms with E-state index in [1.54, 1.807) is 24.5 Å². The lowest BCUT2D eigenvalue weighted by molar-refractivity contribution is 0.256. The van der Waals surface area contributed by atoms with E-state index in [-0.39, 0.29) is 0 Å². The van der Waals surface area contributed by atoms with Crippen LogP contribution in [-0.2, 0) is 0 Å². The molecule has 0 bridgehead atoms. The number of rotatable bonds is 0. The van der Waals surface area contributed by atoms with Crippen LogP contribution in [0.15, 0.2) is 34.5 Å². The van der Waals surface area contributed by atoms with Crippen LogP contribution in [0.2, 0.25) is 0 Å². The highest BCUT2D eigenvalue weighted by Crippen LogP contribution is 2.05. The van der Waals surface area contributed by atoms with Crippen molar-refractivity contribution in [2.45, 2.75) is 0 Å². The summed E-state index contributed by atoms with van der Waals surface area (Å²) in [5.74, 6) is 0. The van der Waals surface area contributed by atoms with Crippen molar-refractivity contribution in [3.63, 3.8) is 0 Å². The van der Waals surface area contributed by atoms with E-state index in [1.165, 1.54) is 0 Å². The zero-order valence-corrected chi connectivity index (χ0v) is 7.01. The molecule has 5 nitrogen and oxygen atoms in total. The number of amides is 2. The number of carbonyl (C=O) groups is 1. The van der Waals surface area contributed by atoms with Crippen molar-refractivity contribution in [2.75, 3.05) is 0 Å². The van der Waals surface area contributed by atoms with E-state index >= 15 is 0 Å². The van der Waals surface area contributed by atoms with Gasteiger partial charge in [-0.2, -0.15) is 20.2 Å². The van der Waals surface area contributed by atoms with E-state index in [2.05, 4.69) is 20.2 Å². The van der Waals surface area contributed by atoms with Crippen LogP contribution in [0.3, 0.4) is 0 Å². The molecule has 0 radical (unpaired) electrons. The number of urea groups is 1. The van der Waals surface area contributed by atoms with Crippen LogP contribution in [0.1, 0.15) is 0 Å². The number of carbonyl (C=O) groups excluding carboxylic acids is 1. The van der Waals surface area contributed by atoms with Crippen LogP contribution in [0.5, 0.6) is 0 Å². The Bertz CT molecular complexity index is 606. The molecule has 5 heteroatoms. The van der Waals surface area contributed by atoms with Crippen LogP contribution in [-0.4, -0.2) is 16.2 Å². The summed E-state index contributed by atoms with van der Waals surface area (Å²) in [6.45, 7) is 0. The molecular formula is C9H4N4O. The van der Waals surface area contributed by atoms with Gasteiger partial charge in [0.25, 0.3) is 0 Å². The fourth-order valence-electron chi connectivity index (χ4n) is 1.43. The molecule has 0 saturated carbocycles. The van der Waals surface area contributed by atoms with E-state index in [0.717, 1.165) is 10.8 Å². The highest BCUT2D eigenvalue weighted by atomic mass is 16.2. The lowest BCUT2D eigenvalue weighted by atomic mass is 10.2. The molecule has 0 N–H and O–H groups in total. The Morgan fingerprint density at radius 1 is 0.857 bits per heavy atom. The Labute approximate surface area is 77.8 Å². The van der Waals surface area contributed by atoms with Crippen LogP contribution >= 0.6 is 0 Å². The first-order valence-electron chi connectivity index (χ1n) is 4.05. The van der Waals surface area contributed by atoms with Crippen LogP contribution in [0.4, 0.5) is 4.79 Å². The summed E-state index contributed by atoms with van der Waals surface area (Å²) in [4.78, 5) is 18.4. The van der Waals surface area contributed by atoms with Crippen molar-refractivity contribution in [3.8, 4) is 0 Å². The molecule has 66 valence electrons. The number of fused-ring (bicyclic) bond motifs is 2. The predicted octanol–water partition coefficient (Wildman–Crippen LogP) is 0.00260. The maximum Gasteiger partial charge on any atom is 0.368 e. The highest BCUT2D eigenvalue weighted by Gasteiger charge is 2.05. The Kier molecular flexibility index (Phi) is 1.25. The van der Waals surface area contributed by atoms with Gasteiger partial charge in [0.05, 0.1) is 23.1 Å². The molecule has 1 aromatic heterocycles.